The normalized spacial score (nSPS) is 17.1. The molecule has 0 spiro atoms. The second kappa shape index (κ2) is 9.86. The molecule has 1 aliphatic rings. The molecule has 26 heavy (non-hydrogen) atoms. The van der Waals surface area contributed by atoms with Crippen LogP contribution in [0.2, 0.25) is 0 Å². The highest BCUT2D eigenvalue weighted by Crippen LogP contribution is 2.10. The molecule has 4 nitrogen and oxygen atoms in total. The third-order valence-electron chi connectivity index (χ3n) is 5.14. The molecule has 1 N–H and O–H groups in total. The van der Waals surface area contributed by atoms with Gasteiger partial charge in [0.25, 0.3) is 0 Å². The van der Waals surface area contributed by atoms with Gasteiger partial charge < -0.3 is 10.2 Å². The van der Waals surface area contributed by atoms with Gasteiger partial charge >= 0.3 is 0 Å². The zero-order chi connectivity index (χ0) is 18.2. The van der Waals surface area contributed by atoms with Crippen molar-refractivity contribution in [3.8, 4) is 0 Å². The van der Waals surface area contributed by atoms with Crippen molar-refractivity contribution in [1.29, 1.82) is 0 Å². The maximum absolute atomic E-state index is 12.4. The summed E-state index contributed by atoms with van der Waals surface area (Å²) in [5.41, 5.74) is 1.40. The molecule has 140 valence electrons. The second-order valence-corrected chi connectivity index (χ2v) is 7.94. The van der Waals surface area contributed by atoms with Crippen LogP contribution >= 0.6 is 11.3 Å². The number of hydrogen-bond donors (Lipinski definition) is 1. The first-order chi connectivity index (χ1) is 12.7. The molecule has 1 aromatic carbocycles. The molecule has 2 aromatic rings. The molecule has 3 rings (SSSR count). The predicted octanol–water partition coefficient (Wildman–Crippen LogP) is 2.66. The van der Waals surface area contributed by atoms with Crippen LogP contribution in [0, 0.1) is 0 Å². The molecule has 0 bridgehead atoms. The summed E-state index contributed by atoms with van der Waals surface area (Å²) in [7, 11) is 0. The van der Waals surface area contributed by atoms with Gasteiger partial charge in [-0.1, -0.05) is 36.4 Å². The smallest absolute Gasteiger partial charge is 0.237 e. The highest BCUT2D eigenvalue weighted by molar-refractivity contribution is 7.09. The molecule has 5 heteroatoms. The van der Waals surface area contributed by atoms with Gasteiger partial charge in [-0.15, -0.1) is 11.3 Å². The van der Waals surface area contributed by atoms with Gasteiger partial charge in [0.2, 0.25) is 5.91 Å². The van der Waals surface area contributed by atoms with E-state index in [9.17, 15) is 4.79 Å². The summed E-state index contributed by atoms with van der Waals surface area (Å²) in [6.45, 7) is 7.86. The number of rotatable bonds is 8. The lowest BCUT2D eigenvalue weighted by molar-refractivity contribution is -0.126. The van der Waals surface area contributed by atoms with Crippen LogP contribution in [0.1, 0.15) is 17.4 Å². The fraction of sp³-hybridized carbons (Fsp3) is 0.476. The number of nitrogens with zero attached hydrogens (tertiary/aromatic N) is 2. The predicted molar refractivity (Wildman–Crippen MR) is 109 cm³/mol. The number of hydrogen-bond acceptors (Lipinski definition) is 4. The SMILES string of the molecule is CC(C(=O)NCCc1cccs1)N1CCN(CCc2ccccc2)CC1. The Morgan fingerprint density at radius 3 is 2.54 bits per heavy atom. The number of carbonyl (C=O) groups is 1. The standard InChI is InChI=1S/C21H29N3OS/c1-18(21(25)22-11-9-20-8-5-17-26-20)24-15-13-23(14-16-24)12-10-19-6-3-2-4-7-19/h2-8,17-18H,9-16H2,1H3,(H,22,25). The summed E-state index contributed by atoms with van der Waals surface area (Å²) in [6.07, 6.45) is 2.02. The van der Waals surface area contributed by atoms with E-state index in [1.807, 2.05) is 6.92 Å². The molecular weight excluding hydrogens is 342 g/mol. The Kier molecular flexibility index (Phi) is 7.23. The van der Waals surface area contributed by atoms with Gasteiger partial charge in [-0.3, -0.25) is 9.69 Å². The maximum atomic E-state index is 12.4. The van der Waals surface area contributed by atoms with Crippen LogP contribution in [0.4, 0.5) is 0 Å². The molecule has 1 amide bonds. The molecule has 1 saturated heterocycles. The number of benzene rings is 1. The van der Waals surface area contributed by atoms with Crippen molar-refractivity contribution >= 4 is 17.2 Å². The first-order valence-electron chi connectivity index (χ1n) is 9.53. The Bertz CT molecular complexity index is 651. The van der Waals surface area contributed by atoms with Gasteiger partial charge in [0.1, 0.15) is 0 Å². The van der Waals surface area contributed by atoms with E-state index >= 15 is 0 Å². The summed E-state index contributed by atoms with van der Waals surface area (Å²) in [5, 5.41) is 5.17. The van der Waals surface area contributed by atoms with Crippen molar-refractivity contribution in [2.24, 2.45) is 0 Å². The third kappa shape index (κ3) is 5.66. The summed E-state index contributed by atoms with van der Waals surface area (Å²) < 4.78 is 0. The minimum absolute atomic E-state index is 0.0467. The molecule has 0 radical (unpaired) electrons. The van der Waals surface area contributed by atoms with E-state index in [0.717, 1.165) is 52.1 Å². The number of piperazine rings is 1. The molecule has 2 heterocycles. The molecule has 1 atom stereocenters. The van der Waals surface area contributed by atoms with E-state index in [1.165, 1.54) is 10.4 Å². The fourth-order valence-electron chi connectivity index (χ4n) is 3.38. The van der Waals surface area contributed by atoms with Crippen LogP contribution in [0.3, 0.4) is 0 Å². The summed E-state index contributed by atoms with van der Waals surface area (Å²) in [5.74, 6) is 0.152. The van der Waals surface area contributed by atoms with Crippen LogP contribution in [-0.4, -0.2) is 61.0 Å². The Hall–Kier alpha value is -1.69. The Balaban J connectivity index is 1.34. The maximum Gasteiger partial charge on any atom is 0.237 e. The average Bonchev–Trinajstić information content (AvgIpc) is 3.20. The van der Waals surface area contributed by atoms with E-state index in [1.54, 1.807) is 11.3 Å². The molecule has 1 unspecified atom stereocenters. The van der Waals surface area contributed by atoms with E-state index in [0.29, 0.717) is 0 Å². The number of nitrogens with one attached hydrogen (secondary N) is 1. The van der Waals surface area contributed by atoms with E-state index in [4.69, 9.17) is 0 Å². The van der Waals surface area contributed by atoms with Crippen molar-refractivity contribution in [2.45, 2.75) is 25.8 Å². The molecule has 1 aromatic heterocycles. The largest absolute Gasteiger partial charge is 0.354 e. The molecule has 1 aliphatic heterocycles. The monoisotopic (exact) mass is 371 g/mol. The second-order valence-electron chi connectivity index (χ2n) is 6.91. The first-order valence-corrected chi connectivity index (χ1v) is 10.4. The third-order valence-corrected chi connectivity index (χ3v) is 6.08. The lowest BCUT2D eigenvalue weighted by Crippen LogP contribution is -2.54. The average molecular weight is 372 g/mol. The van der Waals surface area contributed by atoms with Crippen LogP contribution in [0.15, 0.2) is 47.8 Å². The number of amides is 1. The molecule has 0 aliphatic carbocycles. The molecular formula is C21H29N3OS. The van der Waals surface area contributed by atoms with E-state index in [2.05, 4.69) is 63.0 Å². The minimum atomic E-state index is -0.0467. The van der Waals surface area contributed by atoms with Crippen molar-refractivity contribution in [2.75, 3.05) is 39.3 Å². The topological polar surface area (TPSA) is 35.6 Å². The molecule has 0 saturated carbocycles. The fourth-order valence-corrected chi connectivity index (χ4v) is 4.09. The first kappa shape index (κ1) is 19.1. The van der Waals surface area contributed by atoms with Crippen LogP contribution in [0.25, 0.3) is 0 Å². The van der Waals surface area contributed by atoms with Gasteiger partial charge in [-0.25, -0.2) is 0 Å². The van der Waals surface area contributed by atoms with Crippen molar-refractivity contribution < 1.29 is 4.79 Å². The zero-order valence-electron chi connectivity index (χ0n) is 15.6. The zero-order valence-corrected chi connectivity index (χ0v) is 16.4. The molecule has 1 fully saturated rings. The van der Waals surface area contributed by atoms with Gasteiger partial charge in [-0.05, 0) is 36.8 Å². The lowest BCUT2D eigenvalue weighted by Gasteiger charge is -2.37. The lowest BCUT2D eigenvalue weighted by atomic mass is 10.1. The number of carbonyl (C=O) groups excluding carboxylic acids is 1. The van der Waals surface area contributed by atoms with Crippen molar-refractivity contribution in [3.63, 3.8) is 0 Å². The number of thiophene rings is 1. The van der Waals surface area contributed by atoms with Crippen LogP contribution in [0.5, 0.6) is 0 Å². The van der Waals surface area contributed by atoms with Gasteiger partial charge in [0.05, 0.1) is 6.04 Å². The highest BCUT2D eigenvalue weighted by atomic mass is 32.1. The van der Waals surface area contributed by atoms with Gasteiger partial charge in [-0.2, -0.15) is 0 Å². The van der Waals surface area contributed by atoms with Crippen molar-refractivity contribution in [3.05, 3.63) is 58.3 Å². The van der Waals surface area contributed by atoms with Crippen LogP contribution in [-0.2, 0) is 17.6 Å². The van der Waals surface area contributed by atoms with E-state index < -0.39 is 0 Å². The highest BCUT2D eigenvalue weighted by Gasteiger charge is 2.25. The summed E-state index contributed by atoms with van der Waals surface area (Å²) in [4.78, 5) is 18.5. The Labute approximate surface area is 160 Å². The van der Waals surface area contributed by atoms with Gasteiger partial charge in [0.15, 0.2) is 0 Å². The van der Waals surface area contributed by atoms with Crippen molar-refractivity contribution in [1.82, 2.24) is 15.1 Å². The summed E-state index contributed by atoms with van der Waals surface area (Å²) >= 11 is 1.75. The Morgan fingerprint density at radius 2 is 1.85 bits per heavy atom. The minimum Gasteiger partial charge on any atom is -0.354 e. The van der Waals surface area contributed by atoms with E-state index in [-0.39, 0.29) is 11.9 Å². The van der Waals surface area contributed by atoms with Crippen LogP contribution < -0.4 is 5.32 Å². The quantitative estimate of drug-likeness (QED) is 0.775. The summed E-state index contributed by atoms with van der Waals surface area (Å²) in [6, 6.07) is 14.8. The Morgan fingerprint density at radius 1 is 1.08 bits per heavy atom. The van der Waals surface area contributed by atoms with Gasteiger partial charge in [0, 0.05) is 44.1 Å².